The van der Waals surface area contributed by atoms with Gasteiger partial charge in [-0.05, 0) is 6.92 Å². The normalized spacial score (nSPS) is 39.4. The second kappa shape index (κ2) is 3.17. The number of hydrogen-bond acceptors (Lipinski definition) is 2. The highest BCUT2D eigenvalue weighted by atomic mass is 32.2. The molecule has 0 unspecified atom stereocenters. The second-order valence-electron chi connectivity index (χ2n) is 4.10. The van der Waals surface area contributed by atoms with Gasteiger partial charge in [0.2, 0.25) is 5.91 Å². The number of quaternary nitrogens is 1. The molecule has 3 nitrogen and oxygen atoms in total. The minimum atomic E-state index is 0.245. The highest BCUT2D eigenvalue weighted by Gasteiger charge is 2.48. The van der Waals surface area contributed by atoms with Gasteiger partial charge in [-0.25, -0.2) is 0 Å². The Hall–Kier alpha value is -0.220. The van der Waals surface area contributed by atoms with Crippen LogP contribution >= 0.6 is 11.8 Å². The van der Waals surface area contributed by atoms with E-state index in [4.69, 9.17) is 0 Å². The number of hydrogen-bond donors (Lipinski definition) is 1. The van der Waals surface area contributed by atoms with Crippen molar-refractivity contribution in [2.24, 2.45) is 0 Å². The third-order valence-corrected chi connectivity index (χ3v) is 4.80. The van der Waals surface area contributed by atoms with E-state index in [9.17, 15) is 4.79 Å². The van der Waals surface area contributed by atoms with Gasteiger partial charge < -0.3 is 10.2 Å². The van der Waals surface area contributed by atoms with E-state index < -0.39 is 0 Å². The topological polar surface area (TPSA) is 36.9 Å². The summed E-state index contributed by atoms with van der Waals surface area (Å²) in [5, 5.41) is 2.82. The Labute approximate surface area is 83.2 Å². The van der Waals surface area contributed by atoms with Crippen LogP contribution in [0, 0.1) is 0 Å². The van der Waals surface area contributed by atoms with Crippen molar-refractivity contribution in [3.05, 3.63) is 0 Å². The van der Waals surface area contributed by atoms with Crippen molar-refractivity contribution in [2.45, 2.75) is 31.2 Å². The van der Waals surface area contributed by atoms with E-state index in [1.165, 1.54) is 0 Å². The molecule has 1 amide bonds. The van der Waals surface area contributed by atoms with Crippen LogP contribution in [0.25, 0.3) is 0 Å². The van der Waals surface area contributed by atoms with E-state index in [-0.39, 0.29) is 5.54 Å². The van der Waals surface area contributed by atoms with Gasteiger partial charge >= 0.3 is 0 Å². The zero-order chi connectivity index (χ0) is 9.47. The molecule has 2 aliphatic heterocycles. The molecule has 0 saturated carbocycles. The van der Waals surface area contributed by atoms with Crippen molar-refractivity contribution in [2.75, 3.05) is 18.8 Å². The molecule has 4 heteroatoms. The molecule has 0 aromatic rings. The number of rotatable bonds is 1. The fourth-order valence-corrected chi connectivity index (χ4v) is 3.71. The van der Waals surface area contributed by atoms with Gasteiger partial charge in [0.1, 0.15) is 10.9 Å². The molecule has 2 atom stereocenters. The number of thioether (sulfide) groups is 1. The molecule has 74 valence electrons. The number of carbonyl (C=O) groups excluding carboxylic acids is 1. The van der Waals surface area contributed by atoms with E-state index in [0.29, 0.717) is 17.0 Å². The zero-order valence-corrected chi connectivity index (χ0v) is 9.06. The van der Waals surface area contributed by atoms with Crippen LogP contribution in [0.1, 0.15) is 20.3 Å². The molecule has 0 aromatic carbocycles. The van der Waals surface area contributed by atoms with Gasteiger partial charge in [0.05, 0.1) is 18.8 Å². The van der Waals surface area contributed by atoms with Crippen LogP contribution in [0.15, 0.2) is 0 Å². The maximum absolute atomic E-state index is 11.5. The van der Waals surface area contributed by atoms with Crippen LogP contribution in [-0.4, -0.2) is 40.6 Å². The molecule has 2 aliphatic rings. The lowest BCUT2D eigenvalue weighted by atomic mass is 9.95. The number of carbonyl (C=O) groups is 1. The summed E-state index contributed by atoms with van der Waals surface area (Å²) in [5.74, 6) is 1.02. The lowest BCUT2D eigenvalue weighted by Crippen LogP contribution is -3.02. The number of fused-ring (bicyclic) bond motifs is 1. The van der Waals surface area contributed by atoms with Gasteiger partial charge in [-0.2, -0.15) is 0 Å². The lowest BCUT2D eigenvalue weighted by molar-refractivity contribution is -0.734. The Bertz CT molecular complexity index is 234. The Morgan fingerprint density at radius 3 is 3.23 bits per heavy atom. The molecule has 2 fully saturated rings. The summed E-state index contributed by atoms with van der Waals surface area (Å²) in [5.41, 5.74) is 0.245. The predicted molar refractivity (Wildman–Crippen MR) is 53.4 cm³/mol. The number of amides is 1. The molecule has 0 spiro atoms. The molecule has 0 aromatic heterocycles. The predicted octanol–water partition coefficient (Wildman–Crippen LogP) is -0.366. The largest absolute Gasteiger partial charge is 0.338 e. The van der Waals surface area contributed by atoms with Crippen molar-refractivity contribution in [3.8, 4) is 0 Å². The fraction of sp³-hybridized carbons (Fsp3) is 0.889. The van der Waals surface area contributed by atoms with Gasteiger partial charge in [0.25, 0.3) is 0 Å². The van der Waals surface area contributed by atoms with Crippen LogP contribution in [0.4, 0.5) is 0 Å². The SMILES string of the molecule is CC[C@@]1(C)[NH2+]CCN2C(=O)CS[C@@H]21. The quantitative estimate of drug-likeness (QED) is 0.629. The van der Waals surface area contributed by atoms with Gasteiger partial charge in [-0.15, -0.1) is 11.8 Å². The molecule has 2 heterocycles. The van der Waals surface area contributed by atoms with Gasteiger partial charge in [0.15, 0.2) is 0 Å². The number of nitrogens with zero attached hydrogens (tertiary/aromatic N) is 1. The van der Waals surface area contributed by atoms with Crippen LogP contribution in [0.3, 0.4) is 0 Å². The molecule has 0 radical (unpaired) electrons. The minimum Gasteiger partial charge on any atom is -0.338 e. The first-order valence-corrected chi connectivity index (χ1v) is 5.98. The Kier molecular flexibility index (Phi) is 2.28. The molecule has 2 rings (SSSR count). The molecular weight excluding hydrogens is 184 g/mol. The van der Waals surface area contributed by atoms with Crippen molar-refractivity contribution in [3.63, 3.8) is 0 Å². The van der Waals surface area contributed by atoms with Crippen molar-refractivity contribution in [1.82, 2.24) is 4.90 Å². The molecule has 0 aliphatic carbocycles. The first-order chi connectivity index (χ1) is 6.17. The molecule has 2 saturated heterocycles. The summed E-state index contributed by atoms with van der Waals surface area (Å²) in [6, 6.07) is 0. The van der Waals surface area contributed by atoms with E-state index in [0.717, 1.165) is 19.5 Å². The molecule has 13 heavy (non-hydrogen) atoms. The summed E-state index contributed by atoms with van der Waals surface area (Å²) >= 11 is 1.81. The van der Waals surface area contributed by atoms with Gasteiger partial charge in [-0.3, -0.25) is 4.79 Å². The summed E-state index contributed by atoms with van der Waals surface area (Å²) < 4.78 is 0. The number of piperazine rings is 1. The third-order valence-electron chi connectivity index (χ3n) is 3.27. The van der Waals surface area contributed by atoms with E-state index >= 15 is 0 Å². The highest BCUT2D eigenvalue weighted by Crippen LogP contribution is 2.33. The van der Waals surface area contributed by atoms with Crippen molar-refractivity contribution < 1.29 is 10.1 Å². The average Bonchev–Trinajstić information content (AvgIpc) is 2.50. The van der Waals surface area contributed by atoms with E-state index in [1.54, 1.807) is 0 Å². The van der Waals surface area contributed by atoms with Crippen molar-refractivity contribution >= 4 is 17.7 Å². The molecule has 2 N–H and O–H groups in total. The number of nitrogens with two attached hydrogens (primary N) is 1. The summed E-state index contributed by atoms with van der Waals surface area (Å²) in [6.07, 6.45) is 1.13. The summed E-state index contributed by atoms with van der Waals surface area (Å²) in [7, 11) is 0. The van der Waals surface area contributed by atoms with Crippen LogP contribution in [0.2, 0.25) is 0 Å². The lowest BCUT2D eigenvalue weighted by Gasteiger charge is -2.41. The Balaban J connectivity index is 2.20. The maximum atomic E-state index is 11.5. The average molecular weight is 201 g/mol. The fourth-order valence-electron chi connectivity index (χ4n) is 2.20. The van der Waals surface area contributed by atoms with E-state index in [1.807, 2.05) is 11.8 Å². The van der Waals surface area contributed by atoms with Crippen LogP contribution in [-0.2, 0) is 4.79 Å². The van der Waals surface area contributed by atoms with Gasteiger partial charge in [-0.1, -0.05) is 6.92 Å². The Morgan fingerprint density at radius 2 is 2.54 bits per heavy atom. The smallest absolute Gasteiger partial charge is 0.233 e. The zero-order valence-electron chi connectivity index (χ0n) is 8.25. The van der Waals surface area contributed by atoms with Crippen LogP contribution < -0.4 is 5.32 Å². The van der Waals surface area contributed by atoms with Gasteiger partial charge in [0, 0.05) is 6.42 Å². The van der Waals surface area contributed by atoms with E-state index in [2.05, 4.69) is 24.1 Å². The monoisotopic (exact) mass is 201 g/mol. The third kappa shape index (κ3) is 1.36. The standard InChI is InChI=1S/C9H16N2OS/c1-3-9(2)8-11(5-4-10-9)7(12)6-13-8/h8,10H,3-6H2,1-2H3/p+1/t8-,9-/m1/s1. The van der Waals surface area contributed by atoms with Crippen molar-refractivity contribution in [1.29, 1.82) is 0 Å². The minimum absolute atomic E-state index is 0.245. The second-order valence-corrected chi connectivity index (χ2v) is 5.17. The maximum Gasteiger partial charge on any atom is 0.233 e. The molecule has 0 bridgehead atoms. The summed E-state index contributed by atoms with van der Waals surface area (Å²) in [4.78, 5) is 13.6. The van der Waals surface area contributed by atoms with Crippen LogP contribution in [0.5, 0.6) is 0 Å². The molecular formula is C9H17N2OS+. The first kappa shape index (κ1) is 9.34. The first-order valence-electron chi connectivity index (χ1n) is 4.93. The Morgan fingerprint density at radius 1 is 1.77 bits per heavy atom. The summed E-state index contributed by atoms with van der Waals surface area (Å²) in [6.45, 7) is 6.48. The highest BCUT2D eigenvalue weighted by molar-refractivity contribution is 8.01.